The Balaban J connectivity index is 1.09. The smallest absolute Gasteiger partial charge is 0.399 e. The summed E-state index contributed by atoms with van der Waals surface area (Å²) in [6.07, 6.45) is 79.3. The Labute approximate surface area is 662 Å². The Morgan fingerprint density at radius 1 is 0.231 bits per heavy atom. The summed E-state index contributed by atoms with van der Waals surface area (Å²) in [5.41, 5.74) is 12.9. The van der Waals surface area contributed by atoms with E-state index in [1.165, 1.54) is 378 Å². The fourth-order valence-corrected chi connectivity index (χ4v) is 19.4. The van der Waals surface area contributed by atoms with Crippen molar-refractivity contribution in [1.29, 1.82) is 0 Å². The number of rotatable bonds is 62. The van der Waals surface area contributed by atoms with E-state index in [0.29, 0.717) is 0 Å². The molecule has 0 radical (unpaired) electrons. The minimum atomic E-state index is -0.621. The highest BCUT2D eigenvalue weighted by molar-refractivity contribution is 6.65. The average Bonchev–Trinajstić information content (AvgIpc) is 1.51. The second kappa shape index (κ2) is 45.5. The van der Waals surface area contributed by atoms with Crippen LogP contribution >= 0.6 is 0 Å². The highest BCUT2D eigenvalue weighted by Gasteiger charge is 2.57. The lowest BCUT2D eigenvalue weighted by atomic mass is 9.67. The van der Waals surface area contributed by atoms with Crippen LogP contribution in [0.2, 0.25) is 0 Å². The standard InChI is InChI=1S/C96H160B2N4O6/c1-13-17-21-25-29-33-37-41-45-49-53-57-61-65-69-95(70-66-62-58-54-50-46-42-38-34-30-26-22-18-14-2)79-73-78-80(74-77(79)85-81(95)75-83(87-89(85)101-107-99-87)97-103-91(5,6)92(7,8)104-97)96(71-67-63-59-55-51-47-43-39-35-31-27-23-19-15-3,72-68-64-60-56-52-48-44-40-36-32-28-24-20-16-4)82-76-84(88-90(86(78)82)102-108-100-88)98-105-93(9,10)94(11,12)106-98/h73-76H,13-72H2,1-12H3. The summed E-state index contributed by atoms with van der Waals surface area (Å²) < 4.78 is 40.4. The van der Waals surface area contributed by atoms with Crippen molar-refractivity contribution in [1.82, 2.24) is 20.6 Å². The molecule has 0 bridgehead atoms. The van der Waals surface area contributed by atoms with Gasteiger partial charge in [0.2, 0.25) is 0 Å². The molecular formula is C96H160B2N4O6. The predicted octanol–water partition coefficient (Wildman–Crippen LogP) is 29.4. The molecule has 2 aromatic heterocycles. The molecule has 5 aromatic rings. The first kappa shape index (κ1) is 88.4. The van der Waals surface area contributed by atoms with Gasteiger partial charge in [-0.15, -0.1) is 0 Å². The van der Waals surface area contributed by atoms with E-state index in [1.54, 1.807) is 0 Å². The fraction of sp³-hybridized carbons (Fsp3) is 0.812. The van der Waals surface area contributed by atoms with Gasteiger partial charge in [-0.3, -0.25) is 0 Å². The van der Waals surface area contributed by atoms with Crippen LogP contribution in [0.25, 0.3) is 44.3 Å². The van der Waals surface area contributed by atoms with Crippen molar-refractivity contribution in [3.05, 3.63) is 46.5 Å². The van der Waals surface area contributed by atoms with Crippen LogP contribution < -0.4 is 10.9 Å². The van der Waals surface area contributed by atoms with Crippen LogP contribution in [0.15, 0.2) is 33.5 Å². The number of unbranched alkanes of at least 4 members (excludes halogenated alkanes) is 52. The molecule has 12 heteroatoms. The SMILES string of the molecule is CCCCCCCCCCCCCCCCC1(CCCCCCCCCCCCCCCC)c2cc3c(cc2-c2c1cc(B1OC(C)(C)C(C)(C)O1)c1nonc21)C(CCCCCCCCCCCCCCCC)(CCCCCCCCCCCCCCCC)c1cc(B2OC(C)(C)C(C)(C)O2)c2nonc2c1-3. The lowest BCUT2D eigenvalue weighted by Gasteiger charge is -2.35. The molecule has 0 atom stereocenters. The zero-order valence-electron chi connectivity index (χ0n) is 72.1. The van der Waals surface area contributed by atoms with Crippen LogP contribution in [-0.2, 0) is 29.4 Å². The Bertz CT molecular complexity index is 3030. The van der Waals surface area contributed by atoms with Gasteiger partial charge in [0, 0.05) is 32.9 Å². The molecule has 0 unspecified atom stereocenters. The van der Waals surface area contributed by atoms with Crippen LogP contribution in [0.5, 0.6) is 0 Å². The molecule has 2 saturated heterocycles. The van der Waals surface area contributed by atoms with Gasteiger partial charge in [0.15, 0.2) is 0 Å². The molecule has 10 nitrogen and oxygen atoms in total. The van der Waals surface area contributed by atoms with E-state index >= 15 is 0 Å². The molecular weight excluding hydrogens is 1330 g/mol. The first-order valence-corrected chi connectivity index (χ1v) is 47.0. The van der Waals surface area contributed by atoms with Gasteiger partial charge < -0.3 is 18.6 Å². The molecule has 9 rings (SSSR count). The maximum absolute atomic E-state index is 7.07. The fourth-order valence-electron chi connectivity index (χ4n) is 19.4. The predicted molar refractivity (Wildman–Crippen MR) is 461 cm³/mol. The first-order chi connectivity index (χ1) is 52.5. The third-order valence-electron chi connectivity index (χ3n) is 27.7. The highest BCUT2D eigenvalue weighted by Crippen LogP contribution is 2.63. The van der Waals surface area contributed by atoms with Crippen molar-refractivity contribution < 1.29 is 27.9 Å². The third-order valence-corrected chi connectivity index (χ3v) is 27.7. The summed E-state index contributed by atoms with van der Waals surface area (Å²) in [5, 5.41) is 19.9. The van der Waals surface area contributed by atoms with Gasteiger partial charge in [-0.1, -0.05) is 410 Å². The summed E-state index contributed by atoms with van der Waals surface area (Å²) in [7, 11) is -1.24. The molecule has 2 aliphatic carbocycles. The number of hydrogen-bond acceptors (Lipinski definition) is 10. The molecule has 606 valence electrons. The van der Waals surface area contributed by atoms with E-state index in [2.05, 4.69) is 107 Å². The molecule has 4 heterocycles. The lowest BCUT2D eigenvalue weighted by molar-refractivity contribution is 0.00578. The number of fused-ring (bicyclic) bond motifs is 10. The Hall–Kier alpha value is -3.57. The summed E-state index contributed by atoms with van der Waals surface area (Å²) in [6.45, 7) is 26.7. The normalized spacial score (nSPS) is 17.0. The maximum Gasteiger partial charge on any atom is 0.497 e. The molecule has 0 amide bonds. The van der Waals surface area contributed by atoms with Gasteiger partial charge in [-0.2, -0.15) is 0 Å². The zero-order chi connectivity index (χ0) is 76.6. The minimum absolute atomic E-state index is 0.321. The second-order valence-electron chi connectivity index (χ2n) is 37.4. The van der Waals surface area contributed by atoms with Crippen molar-refractivity contribution in [2.75, 3.05) is 0 Å². The molecule has 108 heavy (non-hydrogen) atoms. The van der Waals surface area contributed by atoms with Gasteiger partial charge in [-0.25, -0.2) is 9.26 Å². The van der Waals surface area contributed by atoms with Crippen molar-refractivity contribution in [2.24, 2.45) is 0 Å². The van der Waals surface area contributed by atoms with Gasteiger partial charge in [-0.05, 0) is 137 Å². The maximum atomic E-state index is 7.07. The molecule has 4 aliphatic rings. The minimum Gasteiger partial charge on any atom is -0.399 e. The largest absolute Gasteiger partial charge is 0.497 e. The van der Waals surface area contributed by atoms with E-state index in [0.717, 1.165) is 84.4 Å². The van der Waals surface area contributed by atoms with E-state index in [-0.39, 0.29) is 10.8 Å². The van der Waals surface area contributed by atoms with Crippen molar-refractivity contribution in [2.45, 2.75) is 502 Å². The Morgan fingerprint density at radius 3 is 0.620 bits per heavy atom. The summed E-state index contributed by atoms with van der Waals surface area (Å²) >= 11 is 0. The molecule has 0 N–H and O–H groups in total. The second-order valence-corrected chi connectivity index (χ2v) is 37.4. The molecule has 0 saturated carbocycles. The first-order valence-electron chi connectivity index (χ1n) is 47.0. The summed E-state index contributed by atoms with van der Waals surface area (Å²) in [6, 6.07) is 10.5. The highest BCUT2D eigenvalue weighted by atomic mass is 16.7. The van der Waals surface area contributed by atoms with Crippen LogP contribution in [0, 0.1) is 0 Å². The zero-order valence-corrected chi connectivity index (χ0v) is 72.1. The third kappa shape index (κ3) is 23.8. The van der Waals surface area contributed by atoms with Crippen LogP contribution in [0.4, 0.5) is 0 Å². The van der Waals surface area contributed by atoms with Gasteiger partial charge >= 0.3 is 14.2 Å². The van der Waals surface area contributed by atoms with Crippen molar-refractivity contribution >= 4 is 47.2 Å². The van der Waals surface area contributed by atoms with E-state index < -0.39 is 36.6 Å². The van der Waals surface area contributed by atoms with Crippen molar-refractivity contribution in [3.8, 4) is 22.3 Å². The van der Waals surface area contributed by atoms with Gasteiger partial charge in [0.05, 0.1) is 22.4 Å². The average molecular weight is 1490 g/mol. The van der Waals surface area contributed by atoms with Gasteiger partial charge in [0.1, 0.15) is 22.1 Å². The molecule has 0 spiro atoms. The number of nitrogens with zero attached hydrogens (tertiary/aromatic N) is 4. The van der Waals surface area contributed by atoms with E-state index in [1.807, 2.05) is 0 Å². The summed E-state index contributed by atoms with van der Waals surface area (Å²) in [4.78, 5) is 0. The quantitative estimate of drug-likeness (QED) is 0.0275. The van der Waals surface area contributed by atoms with Crippen LogP contribution in [0.1, 0.15) is 491 Å². The monoisotopic (exact) mass is 1490 g/mol. The molecule has 2 aliphatic heterocycles. The molecule has 3 aromatic carbocycles. The van der Waals surface area contributed by atoms with Crippen LogP contribution in [-0.4, -0.2) is 57.3 Å². The molecule has 2 fully saturated rings. The number of hydrogen-bond donors (Lipinski definition) is 0. The lowest BCUT2D eigenvalue weighted by Crippen LogP contribution is -2.41. The Kier molecular flexibility index (Phi) is 37.2. The Morgan fingerprint density at radius 2 is 0.417 bits per heavy atom. The number of benzene rings is 3. The van der Waals surface area contributed by atoms with E-state index in [9.17, 15) is 0 Å². The summed E-state index contributed by atoms with van der Waals surface area (Å²) in [5.74, 6) is 0. The van der Waals surface area contributed by atoms with Crippen molar-refractivity contribution in [3.63, 3.8) is 0 Å². The van der Waals surface area contributed by atoms with Crippen LogP contribution in [0.3, 0.4) is 0 Å². The van der Waals surface area contributed by atoms with E-state index in [4.69, 9.17) is 48.5 Å². The number of aromatic nitrogens is 4. The topological polar surface area (TPSA) is 115 Å². The van der Waals surface area contributed by atoms with Gasteiger partial charge in [0.25, 0.3) is 0 Å².